The van der Waals surface area contributed by atoms with E-state index < -0.39 is 0 Å². The van der Waals surface area contributed by atoms with Gasteiger partial charge in [-0.15, -0.1) is 0 Å². The zero-order valence-electron chi connectivity index (χ0n) is 11.0. The Hall–Kier alpha value is -1.75. The van der Waals surface area contributed by atoms with Gasteiger partial charge in [0.15, 0.2) is 0 Å². The number of thioether (sulfide) groups is 1. The van der Waals surface area contributed by atoms with E-state index in [1.54, 1.807) is 0 Å². The largest absolute Gasteiger partial charge is 0.437 e. The van der Waals surface area contributed by atoms with E-state index in [0.717, 1.165) is 17.0 Å². The van der Waals surface area contributed by atoms with Gasteiger partial charge in [0.2, 0.25) is 0 Å². The summed E-state index contributed by atoms with van der Waals surface area (Å²) in [6, 6.07) is 10.00. The first kappa shape index (κ1) is 13.7. The van der Waals surface area contributed by atoms with Crippen molar-refractivity contribution >= 4 is 17.6 Å². The molecule has 0 fully saturated rings. The second-order valence-corrected chi connectivity index (χ2v) is 5.52. The molecule has 5 heteroatoms. The molecule has 0 bridgehead atoms. The summed E-state index contributed by atoms with van der Waals surface area (Å²) in [7, 11) is 0. The smallest absolute Gasteiger partial charge is 0.256 e. The van der Waals surface area contributed by atoms with Gasteiger partial charge < -0.3 is 10.2 Å². The fourth-order valence-electron chi connectivity index (χ4n) is 1.71. The van der Waals surface area contributed by atoms with Crippen LogP contribution in [0.4, 0.5) is 0 Å². The summed E-state index contributed by atoms with van der Waals surface area (Å²) in [4.78, 5) is 4.37. The lowest BCUT2D eigenvalue weighted by molar-refractivity contribution is 0.430. The van der Waals surface area contributed by atoms with Crippen LogP contribution < -0.4 is 5.73 Å². The lowest BCUT2D eigenvalue weighted by Gasteiger charge is -2.14. The van der Waals surface area contributed by atoms with Crippen molar-refractivity contribution in [2.45, 2.75) is 30.7 Å². The molecular weight excluding hydrogens is 258 g/mol. The minimum absolute atomic E-state index is 0.0520. The van der Waals surface area contributed by atoms with Crippen LogP contribution in [0.1, 0.15) is 28.7 Å². The molecule has 1 unspecified atom stereocenters. The summed E-state index contributed by atoms with van der Waals surface area (Å²) < 4.78 is 5.59. The van der Waals surface area contributed by atoms with Crippen LogP contribution in [-0.4, -0.2) is 10.8 Å². The Kier molecular flexibility index (Phi) is 4.27. The number of nitrogens with two attached hydrogens (primary N) is 1. The number of aromatic nitrogens is 1. The quantitative estimate of drug-likeness (QED) is 0.498. The number of amidine groups is 1. The molecule has 1 aromatic carbocycles. The van der Waals surface area contributed by atoms with Crippen LogP contribution in [0.2, 0.25) is 0 Å². The molecular formula is C14H17N3OS. The minimum atomic E-state index is 0.0520. The van der Waals surface area contributed by atoms with E-state index >= 15 is 0 Å². The monoisotopic (exact) mass is 275 g/mol. The van der Waals surface area contributed by atoms with E-state index in [0.29, 0.717) is 11.6 Å². The van der Waals surface area contributed by atoms with E-state index in [2.05, 4.69) is 4.98 Å². The van der Waals surface area contributed by atoms with Crippen molar-refractivity contribution in [1.82, 2.24) is 4.98 Å². The Morgan fingerprint density at radius 1 is 1.37 bits per heavy atom. The predicted molar refractivity (Wildman–Crippen MR) is 77.5 cm³/mol. The van der Waals surface area contributed by atoms with E-state index in [9.17, 15) is 0 Å². The molecule has 0 spiro atoms. The lowest BCUT2D eigenvalue weighted by Crippen LogP contribution is -2.13. The average molecular weight is 275 g/mol. The van der Waals surface area contributed by atoms with Crippen LogP contribution in [0.25, 0.3) is 0 Å². The highest BCUT2D eigenvalue weighted by molar-refractivity contribution is 7.99. The van der Waals surface area contributed by atoms with Crippen molar-refractivity contribution in [3.8, 4) is 0 Å². The maximum atomic E-state index is 7.50. The number of oxazole rings is 1. The number of nitrogens with one attached hydrogen (secondary N) is 1. The van der Waals surface area contributed by atoms with Gasteiger partial charge in [0.05, 0.1) is 11.5 Å². The Balaban J connectivity index is 2.21. The summed E-state index contributed by atoms with van der Waals surface area (Å²) in [6.45, 7) is 3.82. The first-order chi connectivity index (χ1) is 9.06. The van der Waals surface area contributed by atoms with Crippen molar-refractivity contribution in [1.29, 1.82) is 5.41 Å². The lowest BCUT2D eigenvalue weighted by atomic mass is 10.1. The first-order valence-corrected chi connectivity index (χ1v) is 6.92. The van der Waals surface area contributed by atoms with Gasteiger partial charge in [-0.25, -0.2) is 4.98 Å². The molecule has 4 nitrogen and oxygen atoms in total. The summed E-state index contributed by atoms with van der Waals surface area (Å²) in [5, 5.41) is 8.18. The first-order valence-electron chi connectivity index (χ1n) is 6.05. The molecule has 1 heterocycles. The Labute approximate surface area is 116 Å². The van der Waals surface area contributed by atoms with Crippen LogP contribution in [0.15, 0.2) is 40.0 Å². The summed E-state index contributed by atoms with van der Waals surface area (Å²) in [6.07, 6.45) is 0.481. The standard InChI is InChI=1S/C14H17N3OS/c1-9-10(2)18-14(17-9)19-12(8-13(15)16)11-6-4-3-5-7-11/h3-7,12H,8H2,1-2H3,(H3,15,16). The number of rotatable bonds is 5. The van der Waals surface area contributed by atoms with Crippen LogP contribution in [-0.2, 0) is 0 Å². The SMILES string of the molecule is Cc1nc(SC(CC(=N)N)c2ccccc2)oc1C. The van der Waals surface area contributed by atoms with Gasteiger partial charge in [-0.1, -0.05) is 42.1 Å². The van der Waals surface area contributed by atoms with Gasteiger partial charge in [0.25, 0.3) is 5.22 Å². The maximum Gasteiger partial charge on any atom is 0.256 e. The van der Waals surface area contributed by atoms with Gasteiger partial charge in [0, 0.05) is 11.7 Å². The normalized spacial score (nSPS) is 12.3. The zero-order valence-corrected chi connectivity index (χ0v) is 11.8. The predicted octanol–water partition coefficient (Wildman–Crippen LogP) is 3.45. The van der Waals surface area contributed by atoms with Crippen LogP contribution >= 0.6 is 11.8 Å². The van der Waals surface area contributed by atoms with E-state index in [4.69, 9.17) is 15.6 Å². The maximum absolute atomic E-state index is 7.50. The third kappa shape index (κ3) is 3.61. The van der Waals surface area contributed by atoms with Crippen molar-refractivity contribution in [2.24, 2.45) is 5.73 Å². The van der Waals surface area contributed by atoms with Crippen molar-refractivity contribution in [3.05, 3.63) is 47.3 Å². The third-order valence-corrected chi connectivity index (χ3v) is 3.93. The van der Waals surface area contributed by atoms with Crippen molar-refractivity contribution in [2.75, 3.05) is 0 Å². The number of aryl methyl sites for hydroxylation is 2. The van der Waals surface area contributed by atoms with Crippen LogP contribution in [0, 0.1) is 19.3 Å². The van der Waals surface area contributed by atoms with E-state index in [-0.39, 0.29) is 11.1 Å². The molecule has 0 amide bonds. The summed E-state index contributed by atoms with van der Waals surface area (Å²) in [5.41, 5.74) is 7.56. The van der Waals surface area contributed by atoms with Gasteiger partial charge in [-0.3, -0.25) is 5.41 Å². The molecule has 0 aliphatic rings. The molecule has 0 radical (unpaired) electrons. The summed E-state index contributed by atoms with van der Waals surface area (Å²) >= 11 is 1.51. The number of hydrogen-bond donors (Lipinski definition) is 2. The zero-order chi connectivity index (χ0) is 13.8. The van der Waals surface area contributed by atoms with Crippen molar-refractivity contribution in [3.63, 3.8) is 0 Å². The second kappa shape index (κ2) is 5.93. The molecule has 2 aromatic rings. The summed E-state index contributed by atoms with van der Waals surface area (Å²) in [5.74, 6) is 0.999. The topological polar surface area (TPSA) is 75.9 Å². The fourth-order valence-corrected chi connectivity index (χ4v) is 2.87. The van der Waals surface area contributed by atoms with E-state index in [1.165, 1.54) is 11.8 Å². The molecule has 0 aliphatic heterocycles. The number of hydrogen-bond acceptors (Lipinski definition) is 4. The molecule has 0 aliphatic carbocycles. The molecule has 3 N–H and O–H groups in total. The molecule has 1 atom stereocenters. The van der Waals surface area contributed by atoms with Gasteiger partial charge in [-0.2, -0.15) is 0 Å². The average Bonchev–Trinajstić information content (AvgIpc) is 2.68. The van der Waals surface area contributed by atoms with Crippen molar-refractivity contribution < 1.29 is 4.42 Å². The van der Waals surface area contributed by atoms with Crippen LogP contribution in [0.3, 0.4) is 0 Å². The van der Waals surface area contributed by atoms with Gasteiger partial charge in [-0.05, 0) is 19.4 Å². The van der Waals surface area contributed by atoms with Gasteiger partial charge >= 0.3 is 0 Å². The molecule has 2 rings (SSSR count). The highest BCUT2D eigenvalue weighted by Gasteiger charge is 2.18. The minimum Gasteiger partial charge on any atom is -0.437 e. The second-order valence-electron chi connectivity index (χ2n) is 4.37. The van der Waals surface area contributed by atoms with Gasteiger partial charge in [0.1, 0.15) is 5.76 Å². The Bertz CT molecular complexity index is 546. The highest BCUT2D eigenvalue weighted by atomic mass is 32.2. The Morgan fingerprint density at radius 2 is 2.05 bits per heavy atom. The number of nitrogens with zero attached hydrogens (tertiary/aromatic N) is 1. The fraction of sp³-hybridized carbons (Fsp3) is 0.286. The molecule has 100 valence electrons. The van der Waals surface area contributed by atoms with Crippen LogP contribution in [0.5, 0.6) is 0 Å². The molecule has 0 saturated heterocycles. The Morgan fingerprint density at radius 3 is 2.58 bits per heavy atom. The third-order valence-electron chi connectivity index (χ3n) is 2.83. The number of benzene rings is 1. The highest BCUT2D eigenvalue weighted by Crippen LogP contribution is 2.37. The van der Waals surface area contributed by atoms with E-state index in [1.807, 2.05) is 44.2 Å². The molecule has 1 aromatic heterocycles. The molecule has 19 heavy (non-hydrogen) atoms. The molecule has 0 saturated carbocycles.